The van der Waals surface area contributed by atoms with Gasteiger partial charge < -0.3 is 15.9 Å². The van der Waals surface area contributed by atoms with Gasteiger partial charge in [0.25, 0.3) is 6.01 Å². The average Bonchev–Trinajstić information content (AvgIpc) is 3.33. The molecule has 0 unspecified atom stereocenters. The number of nitrogen functional groups attached to an aromatic ring is 2. The Labute approximate surface area is 176 Å². The summed E-state index contributed by atoms with van der Waals surface area (Å²) in [6, 6.07) is 5.69. The van der Waals surface area contributed by atoms with Gasteiger partial charge in [0.15, 0.2) is 11.2 Å². The number of hydrogen-bond acceptors (Lipinski definition) is 9. The lowest BCUT2D eigenvalue weighted by molar-refractivity contribution is 0.626. The van der Waals surface area contributed by atoms with Gasteiger partial charge in [0.05, 0.1) is 5.39 Å². The molecule has 31 heavy (non-hydrogen) atoms. The molecule has 6 rings (SSSR count). The Kier molecular flexibility index (Phi) is 3.85. The lowest BCUT2D eigenvalue weighted by Gasteiger charge is -2.14. The van der Waals surface area contributed by atoms with Crippen LogP contribution in [0.2, 0.25) is 0 Å². The van der Waals surface area contributed by atoms with E-state index >= 15 is 0 Å². The number of hydrogen-bond donors (Lipinski definition) is 2. The highest BCUT2D eigenvalue weighted by atomic mass is 16.4. The second kappa shape index (κ2) is 6.73. The molecule has 0 fully saturated rings. The first-order valence-corrected chi connectivity index (χ1v) is 10.1. The third-order valence-electron chi connectivity index (χ3n) is 5.64. The van der Waals surface area contributed by atoms with Crippen molar-refractivity contribution in [1.29, 1.82) is 0 Å². The van der Waals surface area contributed by atoms with E-state index in [0.717, 1.165) is 30.5 Å². The molecule has 1 aromatic carbocycles. The summed E-state index contributed by atoms with van der Waals surface area (Å²) >= 11 is 0. The molecule has 0 saturated heterocycles. The van der Waals surface area contributed by atoms with E-state index in [0.29, 0.717) is 46.0 Å². The van der Waals surface area contributed by atoms with Crippen molar-refractivity contribution in [2.24, 2.45) is 0 Å². The van der Waals surface area contributed by atoms with Gasteiger partial charge in [-0.3, -0.25) is 0 Å². The van der Waals surface area contributed by atoms with Crippen LogP contribution in [0.15, 0.2) is 35.1 Å². The van der Waals surface area contributed by atoms with E-state index in [4.69, 9.17) is 26.0 Å². The minimum atomic E-state index is 0.120. The first-order valence-electron chi connectivity index (χ1n) is 10.1. The first-order chi connectivity index (χ1) is 15.2. The van der Waals surface area contributed by atoms with Gasteiger partial charge in [-0.25, -0.2) is 24.6 Å². The zero-order valence-corrected chi connectivity index (χ0v) is 16.6. The van der Waals surface area contributed by atoms with Crippen LogP contribution in [-0.2, 0) is 19.4 Å². The molecular weight excluding hydrogens is 394 g/mol. The standard InChI is InChI=1S/C21H19N9O/c22-19-17-18(11-5-6-15-14(7-11)28-21(23)31-15)29-30(20(17)26-10-25-19)9-16-24-8-12-3-1-2-4-13(12)27-16/h5-8,10H,1-4,9H2,(H2,23,28)(H2,22,25,26). The maximum atomic E-state index is 6.22. The van der Waals surface area contributed by atoms with Crippen molar-refractivity contribution in [2.75, 3.05) is 11.5 Å². The number of aromatic nitrogens is 7. The summed E-state index contributed by atoms with van der Waals surface area (Å²) in [4.78, 5) is 22.2. The minimum Gasteiger partial charge on any atom is -0.424 e. The summed E-state index contributed by atoms with van der Waals surface area (Å²) in [5.74, 6) is 1.06. The number of aryl methyl sites for hydroxylation is 2. The molecule has 0 spiro atoms. The van der Waals surface area contributed by atoms with Crippen molar-refractivity contribution in [3.05, 3.63) is 47.8 Å². The predicted molar refractivity (Wildman–Crippen MR) is 115 cm³/mol. The summed E-state index contributed by atoms with van der Waals surface area (Å²) < 4.78 is 7.15. The molecule has 0 bridgehead atoms. The Hall–Kier alpha value is -4.08. The molecule has 10 heteroatoms. The van der Waals surface area contributed by atoms with Crippen LogP contribution >= 0.6 is 0 Å². The zero-order valence-electron chi connectivity index (χ0n) is 16.6. The zero-order chi connectivity index (χ0) is 20.9. The molecule has 0 radical (unpaired) electrons. The van der Waals surface area contributed by atoms with E-state index in [1.807, 2.05) is 24.4 Å². The molecular formula is C21H19N9O. The Morgan fingerprint density at radius 1 is 1.03 bits per heavy atom. The molecule has 0 aliphatic heterocycles. The van der Waals surface area contributed by atoms with Crippen LogP contribution in [-0.4, -0.2) is 34.7 Å². The smallest absolute Gasteiger partial charge is 0.292 e. The molecule has 154 valence electrons. The van der Waals surface area contributed by atoms with E-state index in [1.54, 1.807) is 4.68 Å². The molecule has 4 heterocycles. The van der Waals surface area contributed by atoms with Crippen molar-refractivity contribution in [2.45, 2.75) is 32.2 Å². The number of fused-ring (bicyclic) bond motifs is 3. The lowest BCUT2D eigenvalue weighted by Crippen LogP contribution is -2.12. The van der Waals surface area contributed by atoms with Gasteiger partial charge in [-0.05, 0) is 49.4 Å². The number of nitrogens with zero attached hydrogens (tertiary/aromatic N) is 7. The molecule has 0 amide bonds. The highest BCUT2D eigenvalue weighted by Crippen LogP contribution is 2.32. The van der Waals surface area contributed by atoms with Crippen molar-refractivity contribution in [1.82, 2.24) is 34.7 Å². The van der Waals surface area contributed by atoms with Crippen molar-refractivity contribution < 1.29 is 4.42 Å². The monoisotopic (exact) mass is 413 g/mol. The maximum Gasteiger partial charge on any atom is 0.292 e. The van der Waals surface area contributed by atoms with E-state index in [1.165, 1.54) is 18.3 Å². The molecule has 0 saturated carbocycles. The molecule has 1 aliphatic rings. The topological polar surface area (TPSA) is 147 Å². The average molecular weight is 413 g/mol. The summed E-state index contributed by atoms with van der Waals surface area (Å²) in [6.45, 7) is 0.388. The number of nitrogens with two attached hydrogens (primary N) is 2. The highest BCUT2D eigenvalue weighted by molar-refractivity contribution is 5.99. The predicted octanol–water partition coefficient (Wildman–Crippen LogP) is 2.52. The van der Waals surface area contributed by atoms with E-state index < -0.39 is 0 Å². The normalized spacial score (nSPS) is 13.7. The molecule has 1 aliphatic carbocycles. The lowest BCUT2D eigenvalue weighted by atomic mass is 9.97. The molecule has 4 N–H and O–H groups in total. The quantitative estimate of drug-likeness (QED) is 0.455. The van der Waals surface area contributed by atoms with Gasteiger partial charge in [0, 0.05) is 17.5 Å². The van der Waals surface area contributed by atoms with Crippen LogP contribution in [0, 0.1) is 0 Å². The Balaban J connectivity index is 1.47. The Morgan fingerprint density at radius 2 is 1.94 bits per heavy atom. The van der Waals surface area contributed by atoms with E-state index in [2.05, 4.69) is 19.9 Å². The SMILES string of the molecule is Nc1nc2cc(-c3nn(Cc4ncc5c(n4)CCCC5)c4ncnc(N)c34)ccc2o1. The van der Waals surface area contributed by atoms with Gasteiger partial charge in [0.2, 0.25) is 0 Å². The number of rotatable bonds is 3. The van der Waals surface area contributed by atoms with Crippen LogP contribution < -0.4 is 11.5 Å². The second-order valence-electron chi connectivity index (χ2n) is 7.66. The van der Waals surface area contributed by atoms with Gasteiger partial charge in [-0.2, -0.15) is 10.1 Å². The minimum absolute atomic E-state index is 0.120. The number of oxazole rings is 1. The van der Waals surface area contributed by atoms with E-state index in [9.17, 15) is 0 Å². The Morgan fingerprint density at radius 3 is 2.87 bits per heavy atom. The molecule has 5 aromatic rings. The van der Waals surface area contributed by atoms with Gasteiger partial charge in [-0.15, -0.1) is 0 Å². The van der Waals surface area contributed by atoms with Crippen LogP contribution in [0.1, 0.15) is 29.9 Å². The summed E-state index contributed by atoms with van der Waals surface area (Å²) in [6.07, 6.45) is 7.78. The first kappa shape index (κ1) is 17.8. The third-order valence-corrected chi connectivity index (χ3v) is 5.64. The van der Waals surface area contributed by atoms with Gasteiger partial charge >= 0.3 is 0 Å². The fourth-order valence-corrected chi connectivity index (χ4v) is 4.16. The number of benzene rings is 1. The third kappa shape index (κ3) is 2.95. The Bertz CT molecular complexity index is 1450. The van der Waals surface area contributed by atoms with Crippen molar-refractivity contribution in [3.63, 3.8) is 0 Å². The highest BCUT2D eigenvalue weighted by Gasteiger charge is 2.19. The summed E-state index contributed by atoms with van der Waals surface area (Å²) in [5.41, 5.74) is 17.6. The fourth-order valence-electron chi connectivity index (χ4n) is 4.16. The van der Waals surface area contributed by atoms with Crippen LogP contribution in [0.5, 0.6) is 0 Å². The van der Waals surface area contributed by atoms with Crippen LogP contribution in [0.3, 0.4) is 0 Å². The van der Waals surface area contributed by atoms with Crippen LogP contribution in [0.4, 0.5) is 11.8 Å². The van der Waals surface area contributed by atoms with Crippen molar-refractivity contribution in [3.8, 4) is 11.3 Å². The molecule has 4 aromatic heterocycles. The fraction of sp³-hybridized carbons (Fsp3) is 0.238. The summed E-state index contributed by atoms with van der Waals surface area (Å²) in [7, 11) is 0. The van der Waals surface area contributed by atoms with Gasteiger partial charge in [0.1, 0.15) is 35.7 Å². The molecule has 0 atom stereocenters. The second-order valence-corrected chi connectivity index (χ2v) is 7.66. The number of anilines is 2. The largest absolute Gasteiger partial charge is 0.424 e. The maximum absolute atomic E-state index is 6.22. The summed E-state index contributed by atoms with van der Waals surface area (Å²) in [5, 5.41) is 5.48. The van der Waals surface area contributed by atoms with Gasteiger partial charge in [-0.1, -0.05) is 0 Å². The molecule has 10 nitrogen and oxygen atoms in total. The van der Waals surface area contributed by atoms with Crippen LogP contribution in [0.25, 0.3) is 33.4 Å². The van der Waals surface area contributed by atoms with Crippen molar-refractivity contribution >= 4 is 34.0 Å². The van der Waals surface area contributed by atoms with E-state index in [-0.39, 0.29) is 6.01 Å².